The number of carbonyl (C=O) groups excluding carboxylic acids is 1. The lowest BCUT2D eigenvalue weighted by atomic mass is 10.1. The Kier molecular flexibility index (Phi) is 5.30. The molecule has 2 aromatic heterocycles. The first-order chi connectivity index (χ1) is 12.9. The highest BCUT2D eigenvalue weighted by atomic mass is 16.6. The van der Waals surface area contributed by atoms with Crippen molar-refractivity contribution >= 4 is 12.3 Å². The molecule has 0 saturated carbocycles. The Morgan fingerprint density at radius 1 is 1.19 bits per heavy atom. The van der Waals surface area contributed by atoms with Crippen LogP contribution in [-0.2, 0) is 4.74 Å². The Labute approximate surface area is 157 Å². The molecule has 3 aromatic rings. The predicted molar refractivity (Wildman–Crippen MR) is 104 cm³/mol. The molecule has 0 radical (unpaired) electrons. The van der Waals surface area contributed by atoms with Gasteiger partial charge in [0.1, 0.15) is 11.3 Å². The molecule has 2 heterocycles. The van der Waals surface area contributed by atoms with Crippen molar-refractivity contribution < 1.29 is 9.53 Å². The normalized spacial score (nSPS) is 11.5. The maximum absolute atomic E-state index is 11.8. The Morgan fingerprint density at radius 3 is 2.63 bits per heavy atom. The van der Waals surface area contributed by atoms with Gasteiger partial charge in [-0.1, -0.05) is 18.2 Å². The van der Waals surface area contributed by atoms with Gasteiger partial charge in [-0.05, 0) is 45.0 Å². The third kappa shape index (κ3) is 5.01. The first-order valence-electron chi connectivity index (χ1n) is 8.50. The molecule has 1 amide bonds. The van der Waals surface area contributed by atoms with Gasteiger partial charge in [-0.2, -0.15) is 10.2 Å². The van der Waals surface area contributed by atoms with Crippen molar-refractivity contribution in [3.05, 3.63) is 66.6 Å². The van der Waals surface area contributed by atoms with Gasteiger partial charge >= 0.3 is 6.09 Å². The van der Waals surface area contributed by atoms with Crippen LogP contribution < -0.4 is 5.43 Å². The van der Waals surface area contributed by atoms with Crippen LogP contribution in [0.5, 0.6) is 0 Å². The second-order valence-electron chi connectivity index (χ2n) is 6.83. The van der Waals surface area contributed by atoms with E-state index in [0.717, 1.165) is 16.8 Å². The number of rotatable bonds is 4. The van der Waals surface area contributed by atoms with Crippen LogP contribution in [0.25, 0.3) is 16.9 Å². The van der Waals surface area contributed by atoms with Gasteiger partial charge in [-0.15, -0.1) is 0 Å². The summed E-state index contributed by atoms with van der Waals surface area (Å²) in [7, 11) is 0. The smallest absolute Gasteiger partial charge is 0.428 e. The Hall–Kier alpha value is -3.48. The van der Waals surface area contributed by atoms with E-state index in [2.05, 4.69) is 20.6 Å². The maximum Gasteiger partial charge on any atom is 0.428 e. The average molecular weight is 363 g/mol. The molecule has 1 aromatic carbocycles. The quantitative estimate of drug-likeness (QED) is 0.565. The third-order valence-electron chi connectivity index (χ3n) is 3.46. The highest BCUT2D eigenvalue weighted by Gasteiger charge is 2.16. The second kappa shape index (κ2) is 7.82. The molecule has 7 nitrogen and oxygen atoms in total. The van der Waals surface area contributed by atoms with Crippen molar-refractivity contribution in [1.82, 2.24) is 20.2 Å². The summed E-state index contributed by atoms with van der Waals surface area (Å²) < 4.78 is 6.93. The van der Waals surface area contributed by atoms with Gasteiger partial charge in [0.2, 0.25) is 0 Å². The molecule has 3 rings (SSSR count). The largest absolute Gasteiger partial charge is 0.443 e. The third-order valence-corrected chi connectivity index (χ3v) is 3.46. The van der Waals surface area contributed by atoms with E-state index in [0.29, 0.717) is 5.69 Å². The molecular weight excluding hydrogens is 342 g/mol. The van der Waals surface area contributed by atoms with Crippen molar-refractivity contribution in [2.45, 2.75) is 26.4 Å². The fraction of sp³-hybridized carbons (Fsp3) is 0.200. The van der Waals surface area contributed by atoms with Gasteiger partial charge in [-0.3, -0.25) is 4.98 Å². The SMILES string of the molecule is CC(C)(C)OC(=O)N/N=C\c1cn(-c2ccccc2)nc1-c1cccnc1. The standard InChI is InChI=1S/C20H21N5O2/c1-20(2,3)27-19(26)23-22-13-16-14-25(17-9-5-4-6-10-17)24-18(16)15-8-7-11-21-12-15/h4-14H,1-3H3,(H,23,26)/b22-13-. The predicted octanol–water partition coefficient (Wildman–Crippen LogP) is 3.79. The van der Waals surface area contributed by atoms with Crippen molar-refractivity contribution in [2.75, 3.05) is 0 Å². The average Bonchev–Trinajstić information content (AvgIpc) is 3.06. The van der Waals surface area contributed by atoms with Gasteiger partial charge in [0.25, 0.3) is 0 Å². The second-order valence-corrected chi connectivity index (χ2v) is 6.83. The molecule has 1 N–H and O–H groups in total. The van der Waals surface area contributed by atoms with E-state index in [4.69, 9.17) is 4.74 Å². The number of para-hydroxylation sites is 1. The van der Waals surface area contributed by atoms with E-state index in [1.807, 2.05) is 48.7 Å². The molecule has 7 heteroatoms. The number of hydrazone groups is 1. The number of benzene rings is 1. The van der Waals surface area contributed by atoms with Crippen LogP contribution in [0.1, 0.15) is 26.3 Å². The molecule has 0 spiro atoms. The van der Waals surface area contributed by atoms with E-state index in [1.165, 1.54) is 0 Å². The molecule has 0 unspecified atom stereocenters. The van der Waals surface area contributed by atoms with Crippen LogP contribution >= 0.6 is 0 Å². The zero-order valence-corrected chi connectivity index (χ0v) is 15.5. The molecule has 138 valence electrons. The molecule has 27 heavy (non-hydrogen) atoms. The first kappa shape index (κ1) is 18.3. The highest BCUT2D eigenvalue weighted by molar-refractivity contribution is 5.89. The molecule has 0 aliphatic heterocycles. The number of hydrogen-bond acceptors (Lipinski definition) is 5. The van der Waals surface area contributed by atoms with E-state index < -0.39 is 11.7 Å². The summed E-state index contributed by atoms with van der Waals surface area (Å²) in [5.74, 6) is 0. The van der Waals surface area contributed by atoms with Gasteiger partial charge < -0.3 is 4.74 Å². The number of aromatic nitrogens is 3. The lowest BCUT2D eigenvalue weighted by Crippen LogP contribution is -2.29. The van der Waals surface area contributed by atoms with Crippen LogP contribution in [0.15, 0.2) is 66.2 Å². The van der Waals surface area contributed by atoms with Gasteiger partial charge in [0.15, 0.2) is 0 Å². The van der Waals surface area contributed by atoms with Crippen LogP contribution in [0.3, 0.4) is 0 Å². The van der Waals surface area contributed by atoms with Crippen LogP contribution in [0, 0.1) is 0 Å². The van der Waals surface area contributed by atoms with E-state index in [9.17, 15) is 4.79 Å². The van der Waals surface area contributed by atoms with Gasteiger partial charge in [-0.25, -0.2) is 14.9 Å². The zero-order chi connectivity index (χ0) is 19.3. The highest BCUT2D eigenvalue weighted by Crippen LogP contribution is 2.21. The van der Waals surface area contributed by atoms with Gasteiger partial charge in [0, 0.05) is 29.7 Å². The zero-order valence-electron chi connectivity index (χ0n) is 15.5. The molecule has 0 bridgehead atoms. The first-order valence-corrected chi connectivity index (χ1v) is 8.50. The minimum Gasteiger partial charge on any atom is -0.443 e. The molecule has 0 fully saturated rings. The summed E-state index contributed by atoms with van der Waals surface area (Å²) in [6.07, 6.45) is 6.21. The monoisotopic (exact) mass is 363 g/mol. The van der Waals surface area contributed by atoms with Crippen molar-refractivity contribution in [3.63, 3.8) is 0 Å². The lowest BCUT2D eigenvalue weighted by molar-refractivity contribution is 0.0529. The number of hydrogen-bond donors (Lipinski definition) is 1. The van der Waals surface area contributed by atoms with E-state index >= 15 is 0 Å². The number of nitrogens with zero attached hydrogens (tertiary/aromatic N) is 4. The summed E-state index contributed by atoms with van der Waals surface area (Å²) in [6.45, 7) is 5.38. The Balaban J connectivity index is 1.88. The number of amides is 1. The minimum absolute atomic E-state index is 0.585. The van der Waals surface area contributed by atoms with Crippen molar-refractivity contribution in [1.29, 1.82) is 0 Å². The number of ether oxygens (including phenoxy) is 1. The summed E-state index contributed by atoms with van der Waals surface area (Å²) >= 11 is 0. The molecule has 0 saturated heterocycles. The Bertz CT molecular complexity index is 928. The Morgan fingerprint density at radius 2 is 1.96 bits per heavy atom. The van der Waals surface area contributed by atoms with Crippen molar-refractivity contribution in [3.8, 4) is 16.9 Å². The fourth-order valence-electron chi connectivity index (χ4n) is 2.38. The fourth-order valence-corrected chi connectivity index (χ4v) is 2.38. The topological polar surface area (TPSA) is 81.4 Å². The van der Waals surface area contributed by atoms with Crippen molar-refractivity contribution in [2.24, 2.45) is 5.10 Å². The van der Waals surface area contributed by atoms with E-state index in [-0.39, 0.29) is 0 Å². The van der Waals surface area contributed by atoms with Crippen LogP contribution in [0.2, 0.25) is 0 Å². The van der Waals surface area contributed by atoms with Crippen LogP contribution in [0.4, 0.5) is 4.79 Å². The van der Waals surface area contributed by atoms with Crippen LogP contribution in [-0.4, -0.2) is 32.7 Å². The summed E-state index contributed by atoms with van der Waals surface area (Å²) in [5.41, 5.74) is 5.01. The number of carbonyl (C=O) groups is 1. The maximum atomic E-state index is 11.8. The number of nitrogens with one attached hydrogen (secondary N) is 1. The number of pyridine rings is 1. The molecule has 0 aliphatic carbocycles. The summed E-state index contributed by atoms with van der Waals surface area (Å²) in [6, 6.07) is 13.5. The van der Waals surface area contributed by atoms with Gasteiger partial charge in [0.05, 0.1) is 11.9 Å². The molecule has 0 aliphatic rings. The molecular formula is C20H21N5O2. The van der Waals surface area contributed by atoms with E-state index in [1.54, 1.807) is 44.1 Å². The minimum atomic E-state index is -0.614. The lowest BCUT2D eigenvalue weighted by Gasteiger charge is -2.18. The molecule has 0 atom stereocenters. The summed E-state index contributed by atoms with van der Waals surface area (Å²) in [5, 5.41) is 8.64. The summed E-state index contributed by atoms with van der Waals surface area (Å²) in [4.78, 5) is 15.9.